The Morgan fingerprint density at radius 1 is 1.09 bits per heavy atom. The zero-order valence-electron chi connectivity index (χ0n) is 29.8. The van der Waals surface area contributed by atoms with Crippen LogP contribution in [0.2, 0.25) is 10.0 Å². The molecule has 2 aliphatic rings. The van der Waals surface area contributed by atoms with Crippen molar-refractivity contribution >= 4 is 68.1 Å². The number of aromatic nitrogens is 3. The standard InChI is InChI=1S/C39H41Cl2N7O4S/c1-22-18-29(46-37(52-3)27(22)20-42-19-23-10-11-31(49)44-23)26-8-4-6-24(33(26)40)25-7-5-9-28(34(25)41)45-36-35-30(12-15-43-36)53-32(47-35)21-48-16-13-39(2,14-17-48)38(50)51/h4-9,12,15,18,23,42H,10-11,13-14,16-17,19-21H2,1-3H3,(H,43,45)(H,44,49)(H,50,51)/t23-/m0/s1. The number of anilines is 2. The molecule has 0 unspecified atom stereocenters. The number of hydrogen-bond donors (Lipinski definition) is 4. The van der Waals surface area contributed by atoms with Gasteiger partial charge in [0.25, 0.3) is 0 Å². The Morgan fingerprint density at radius 3 is 2.55 bits per heavy atom. The summed E-state index contributed by atoms with van der Waals surface area (Å²) in [5, 5.41) is 21.4. The van der Waals surface area contributed by atoms with Gasteiger partial charge in [0, 0.05) is 54.0 Å². The monoisotopic (exact) mass is 773 g/mol. The Hall–Kier alpha value is -4.33. The van der Waals surface area contributed by atoms with Gasteiger partial charge in [-0.3, -0.25) is 14.5 Å². The van der Waals surface area contributed by atoms with Gasteiger partial charge in [-0.25, -0.2) is 15.0 Å². The second-order valence-corrected chi connectivity index (χ2v) is 15.8. The normalized spacial score (nSPS) is 17.2. The molecule has 1 atom stereocenters. The highest BCUT2D eigenvalue weighted by atomic mass is 35.5. The summed E-state index contributed by atoms with van der Waals surface area (Å²) in [4.78, 5) is 40.0. The highest BCUT2D eigenvalue weighted by Gasteiger charge is 2.37. The van der Waals surface area contributed by atoms with Gasteiger partial charge in [-0.15, -0.1) is 11.3 Å². The second kappa shape index (κ2) is 15.6. The number of fused-ring (bicyclic) bond motifs is 1. The summed E-state index contributed by atoms with van der Waals surface area (Å²) in [5.41, 5.74) is 5.61. The Kier molecular flexibility index (Phi) is 10.9. The van der Waals surface area contributed by atoms with Gasteiger partial charge >= 0.3 is 5.97 Å². The number of aryl methyl sites for hydroxylation is 1. The first-order valence-corrected chi connectivity index (χ1v) is 19.2. The first kappa shape index (κ1) is 37.0. The van der Waals surface area contributed by atoms with E-state index < -0.39 is 11.4 Å². The molecule has 2 aromatic carbocycles. The number of carbonyl (C=O) groups excluding carboxylic acids is 1. The lowest BCUT2D eigenvalue weighted by molar-refractivity contribution is -0.150. The Labute approximate surface area is 322 Å². The number of carbonyl (C=O) groups is 2. The maximum Gasteiger partial charge on any atom is 0.309 e. The van der Waals surface area contributed by atoms with Crippen LogP contribution in [0, 0.1) is 12.3 Å². The number of likely N-dealkylation sites (tertiary alicyclic amines) is 1. The van der Waals surface area contributed by atoms with Crippen molar-refractivity contribution in [1.29, 1.82) is 0 Å². The van der Waals surface area contributed by atoms with Crippen LogP contribution in [-0.4, -0.2) is 69.6 Å². The highest BCUT2D eigenvalue weighted by molar-refractivity contribution is 7.18. The van der Waals surface area contributed by atoms with Gasteiger partial charge in [0.2, 0.25) is 11.8 Å². The van der Waals surface area contributed by atoms with Crippen LogP contribution >= 0.6 is 34.5 Å². The van der Waals surface area contributed by atoms with E-state index in [0.717, 1.165) is 49.5 Å². The first-order chi connectivity index (χ1) is 25.5. The number of nitrogens with one attached hydrogen (secondary N) is 3. The molecule has 5 aromatic rings. The van der Waals surface area contributed by atoms with E-state index >= 15 is 0 Å². The minimum Gasteiger partial charge on any atom is -0.481 e. The van der Waals surface area contributed by atoms with Gasteiger partial charge in [-0.2, -0.15) is 0 Å². The number of aliphatic carboxylic acids is 1. The summed E-state index contributed by atoms with van der Waals surface area (Å²) in [7, 11) is 1.61. The molecule has 0 spiro atoms. The predicted octanol–water partition coefficient (Wildman–Crippen LogP) is 7.84. The molecule has 0 bridgehead atoms. The van der Waals surface area contributed by atoms with Gasteiger partial charge in [-0.1, -0.05) is 53.5 Å². The van der Waals surface area contributed by atoms with E-state index in [1.807, 2.05) is 62.4 Å². The lowest BCUT2D eigenvalue weighted by atomic mass is 9.80. The van der Waals surface area contributed by atoms with Crippen molar-refractivity contribution in [2.24, 2.45) is 5.41 Å². The van der Waals surface area contributed by atoms with Crippen LogP contribution in [0.1, 0.15) is 48.7 Å². The predicted molar refractivity (Wildman–Crippen MR) is 210 cm³/mol. The van der Waals surface area contributed by atoms with E-state index in [4.69, 9.17) is 37.9 Å². The van der Waals surface area contributed by atoms with E-state index in [1.54, 1.807) is 24.6 Å². The summed E-state index contributed by atoms with van der Waals surface area (Å²) in [6.45, 7) is 7.15. The van der Waals surface area contributed by atoms with Gasteiger partial charge in [-0.05, 0) is 70.0 Å². The summed E-state index contributed by atoms with van der Waals surface area (Å²) >= 11 is 15.9. The molecule has 14 heteroatoms. The van der Waals surface area contributed by atoms with Crippen molar-refractivity contribution < 1.29 is 19.4 Å². The average Bonchev–Trinajstić information content (AvgIpc) is 3.76. The Morgan fingerprint density at radius 2 is 1.83 bits per heavy atom. The minimum atomic E-state index is -0.729. The van der Waals surface area contributed by atoms with Crippen LogP contribution in [0.25, 0.3) is 32.6 Å². The number of carboxylic acid groups (broad SMARTS) is 1. The average molecular weight is 775 g/mol. The molecule has 53 heavy (non-hydrogen) atoms. The molecule has 2 fully saturated rings. The lowest BCUT2D eigenvalue weighted by Gasteiger charge is -2.35. The van der Waals surface area contributed by atoms with Gasteiger partial charge < -0.3 is 25.8 Å². The summed E-state index contributed by atoms with van der Waals surface area (Å²) in [6, 6.07) is 15.6. The summed E-state index contributed by atoms with van der Waals surface area (Å²) in [6.07, 6.45) is 4.37. The number of hydrogen-bond acceptors (Lipinski definition) is 10. The number of piperidine rings is 1. The third kappa shape index (κ3) is 7.83. The molecule has 11 nitrogen and oxygen atoms in total. The first-order valence-electron chi connectivity index (χ1n) is 17.6. The van der Waals surface area contributed by atoms with Crippen molar-refractivity contribution in [3.8, 4) is 28.3 Å². The number of benzene rings is 2. The molecule has 0 radical (unpaired) electrons. The Balaban J connectivity index is 1.10. The zero-order valence-corrected chi connectivity index (χ0v) is 32.1. The van der Waals surface area contributed by atoms with Crippen LogP contribution < -0.4 is 20.7 Å². The third-order valence-electron chi connectivity index (χ3n) is 10.3. The van der Waals surface area contributed by atoms with Crippen LogP contribution in [-0.2, 0) is 22.7 Å². The molecule has 4 N–H and O–H groups in total. The number of rotatable bonds is 12. The number of nitrogens with zero attached hydrogens (tertiary/aromatic N) is 4. The molecule has 0 aliphatic carbocycles. The van der Waals surface area contributed by atoms with Crippen LogP contribution in [0.3, 0.4) is 0 Å². The van der Waals surface area contributed by atoms with E-state index in [1.165, 1.54) is 0 Å². The molecule has 0 saturated carbocycles. The molecule has 7 rings (SSSR count). The number of carboxylic acids is 1. The van der Waals surface area contributed by atoms with Crippen molar-refractivity contribution in [3.05, 3.63) is 80.9 Å². The molecule has 2 saturated heterocycles. The Bertz CT molecular complexity index is 2190. The molecule has 3 aromatic heterocycles. The number of thiazole rings is 1. The largest absolute Gasteiger partial charge is 0.481 e. The lowest BCUT2D eigenvalue weighted by Crippen LogP contribution is -2.42. The van der Waals surface area contributed by atoms with Crippen LogP contribution in [0.15, 0.2) is 54.7 Å². The SMILES string of the molecule is COc1nc(-c2cccc(-c3cccc(Nc4nccc5sc(CN6CCC(C)(C(=O)O)CC6)nc45)c3Cl)c2Cl)cc(C)c1CNC[C@@H]1CCC(=O)N1. The molecule has 5 heterocycles. The smallest absolute Gasteiger partial charge is 0.309 e. The molecular weight excluding hydrogens is 733 g/mol. The van der Waals surface area contributed by atoms with Crippen molar-refractivity contribution in [2.45, 2.75) is 58.7 Å². The second-order valence-electron chi connectivity index (χ2n) is 14.0. The van der Waals surface area contributed by atoms with E-state index in [2.05, 4.69) is 25.8 Å². The van der Waals surface area contributed by atoms with Crippen molar-refractivity contribution in [3.63, 3.8) is 0 Å². The number of amides is 1. The summed E-state index contributed by atoms with van der Waals surface area (Å²) in [5.74, 6) is 0.472. The van der Waals surface area contributed by atoms with Gasteiger partial charge in [0.05, 0.1) is 45.2 Å². The number of pyridine rings is 2. The number of ether oxygens (including phenoxy) is 1. The molecule has 276 valence electrons. The molecule has 1 amide bonds. The van der Waals surface area contributed by atoms with Crippen molar-refractivity contribution in [2.75, 3.05) is 32.1 Å². The fourth-order valence-corrected chi connectivity index (χ4v) is 8.57. The van der Waals surface area contributed by atoms with Crippen LogP contribution in [0.5, 0.6) is 5.88 Å². The maximum atomic E-state index is 11.7. The van der Waals surface area contributed by atoms with E-state index in [9.17, 15) is 14.7 Å². The third-order valence-corrected chi connectivity index (χ3v) is 12.1. The van der Waals surface area contributed by atoms with Crippen molar-refractivity contribution in [1.82, 2.24) is 30.5 Å². The topological polar surface area (TPSA) is 142 Å². The van der Waals surface area contributed by atoms with E-state index in [-0.39, 0.29) is 11.9 Å². The fraction of sp³-hybridized carbons (Fsp3) is 0.359. The van der Waals surface area contributed by atoms with Gasteiger partial charge in [0.15, 0.2) is 5.82 Å². The molecule has 2 aliphatic heterocycles. The zero-order chi connectivity index (χ0) is 37.3. The quantitative estimate of drug-likeness (QED) is 0.0991. The fourth-order valence-electron chi connectivity index (χ4n) is 6.97. The highest BCUT2D eigenvalue weighted by Crippen LogP contribution is 2.43. The molecular formula is C39H41Cl2N7O4S. The van der Waals surface area contributed by atoms with Gasteiger partial charge in [0.1, 0.15) is 10.5 Å². The minimum absolute atomic E-state index is 0.0961. The van der Waals surface area contributed by atoms with Crippen LogP contribution in [0.4, 0.5) is 11.5 Å². The summed E-state index contributed by atoms with van der Waals surface area (Å²) < 4.78 is 6.73. The maximum absolute atomic E-state index is 11.7. The van der Waals surface area contributed by atoms with E-state index in [0.29, 0.717) is 85.1 Å². The number of methoxy groups -OCH3 is 1. The number of halogens is 2.